The molecule has 3 aromatic rings. The smallest absolute Gasteiger partial charge is 0.363 e. The molecule has 0 unspecified atom stereocenters. The molecule has 0 aliphatic carbocycles. The van der Waals surface area contributed by atoms with E-state index in [1.807, 2.05) is 37.5 Å². The number of thiocarbonyl (C=S) groups is 1. The first-order valence-corrected chi connectivity index (χ1v) is 14.4. The van der Waals surface area contributed by atoms with Crippen LogP contribution in [-0.4, -0.2) is 44.6 Å². The summed E-state index contributed by atoms with van der Waals surface area (Å²) in [6, 6.07) is 14.4. The number of hydrogen-bond acceptors (Lipinski definition) is 4. The van der Waals surface area contributed by atoms with Gasteiger partial charge in [0.05, 0.1) is 29.9 Å². The molecule has 7 nitrogen and oxygen atoms in total. The average molecular weight is 599 g/mol. The van der Waals surface area contributed by atoms with Gasteiger partial charge in [-0.3, -0.25) is 4.79 Å². The van der Waals surface area contributed by atoms with Crippen LogP contribution in [0.3, 0.4) is 0 Å². The van der Waals surface area contributed by atoms with E-state index in [0.29, 0.717) is 23.8 Å². The SMILES string of the molecule is CCCNC(=S)N(Cc1ccccc1C(F)(F)F)C[C@@H](NC(=O)Cc1cncn1Cc1ccc(C#N)cc1)[C@@H](C)CC. The quantitative estimate of drug-likeness (QED) is 0.246. The predicted molar refractivity (Wildman–Crippen MR) is 160 cm³/mol. The number of carbonyl (C=O) groups excluding carboxylic acids is 1. The average Bonchev–Trinajstić information content (AvgIpc) is 3.40. The topological polar surface area (TPSA) is 86.0 Å². The van der Waals surface area contributed by atoms with Gasteiger partial charge in [-0.25, -0.2) is 4.98 Å². The second kappa shape index (κ2) is 15.4. The van der Waals surface area contributed by atoms with Gasteiger partial charge < -0.3 is 20.1 Å². The van der Waals surface area contributed by atoms with Crippen LogP contribution in [0, 0.1) is 17.2 Å². The molecule has 2 atom stereocenters. The number of rotatable bonds is 13. The second-order valence-electron chi connectivity index (χ2n) is 10.3. The van der Waals surface area contributed by atoms with Crippen LogP contribution in [0.15, 0.2) is 61.1 Å². The monoisotopic (exact) mass is 598 g/mol. The Morgan fingerprint density at radius 1 is 1.17 bits per heavy atom. The zero-order valence-electron chi connectivity index (χ0n) is 24.1. The van der Waals surface area contributed by atoms with E-state index in [1.54, 1.807) is 35.6 Å². The van der Waals surface area contributed by atoms with Crippen molar-refractivity contribution in [1.29, 1.82) is 5.26 Å². The van der Waals surface area contributed by atoms with E-state index in [4.69, 9.17) is 17.5 Å². The van der Waals surface area contributed by atoms with E-state index in [-0.39, 0.29) is 42.9 Å². The number of amides is 1. The predicted octanol–water partition coefficient (Wildman–Crippen LogP) is 5.68. The highest BCUT2D eigenvalue weighted by molar-refractivity contribution is 7.80. The molecule has 0 fully saturated rings. The first-order chi connectivity index (χ1) is 20.0. The van der Waals surface area contributed by atoms with Crippen LogP contribution in [-0.2, 0) is 30.5 Å². The number of alkyl halides is 3. The van der Waals surface area contributed by atoms with Crippen molar-refractivity contribution in [1.82, 2.24) is 25.1 Å². The van der Waals surface area contributed by atoms with Crippen LogP contribution in [0.1, 0.15) is 61.6 Å². The maximum absolute atomic E-state index is 13.8. The third-order valence-electron chi connectivity index (χ3n) is 7.17. The summed E-state index contributed by atoms with van der Waals surface area (Å²) < 4.78 is 43.2. The summed E-state index contributed by atoms with van der Waals surface area (Å²) >= 11 is 5.61. The molecule has 2 aromatic carbocycles. The molecule has 0 saturated carbocycles. The number of benzene rings is 2. The van der Waals surface area contributed by atoms with Gasteiger partial charge in [0, 0.05) is 44.1 Å². The molecular formula is C31H37F3N6OS. The fourth-order valence-electron chi connectivity index (χ4n) is 4.53. The van der Waals surface area contributed by atoms with Crippen molar-refractivity contribution < 1.29 is 18.0 Å². The highest BCUT2D eigenvalue weighted by Gasteiger charge is 2.34. The van der Waals surface area contributed by atoms with Gasteiger partial charge in [-0.15, -0.1) is 0 Å². The lowest BCUT2D eigenvalue weighted by Gasteiger charge is -2.33. The Morgan fingerprint density at radius 3 is 2.52 bits per heavy atom. The summed E-state index contributed by atoms with van der Waals surface area (Å²) in [6.07, 6.45) is 0.444. The van der Waals surface area contributed by atoms with Gasteiger partial charge in [-0.2, -0.15) is 18.4 Å². The van der Waals surface area contributed by atoms with E-state index in [9.17, 15) is 18.0 Å². The van der Waals surface area contributed by atoms with E-state index >= 15 is 0 Å². The van der Waals surface area contributed by atoms with Crippen molar-refractivity contribution in [2.45, 2.75) is 65.3 Å². The van der Waals surface area contributed by atoms with Crippen molar-refractivity contribution in [2.75, 3.05) is 13.1 Å². The molecular weight excluding hydrogens is 561 g/mol. The minimum absolute atomic E-state index is 0.0341. The van der Waals surface area contributed by atoms with E-state index in [1.165, 1.54) is 12.1 Å². The summed E-state index contributed by atoms with van der Waals surface area (Å²) in [7, 11) is 0. The van der Waals surface area contributed by atoms with Crippen LogP contribution in [0.2, 0.25) is 0 Å². The molecule has 224 valence electrons. The third-order valence-corrected chi connectivity index (χ3v) is 7.57. The number of halogens is 3. The molecule has 0 radical (unpaired) electrons. The lowest BCUT2D eigenvalue weighted by molar-refractivity contribution is -0.138. The van der Waals surface area contributed by atoms with E-state index in [2.05, 4.69) is 21.7 Å². The molecule has 11 heteroatoms. The molecule has 1 aromatic heterocycles. The van der Waals surface area contributed by atoms with Crippen molar-refractivity contribution >= 4 is 23.2 Å². The summed E-state index contributed by atoms with van der Waals surface area (Å²) in [4.78, 5) is 19.2. The Morgan fingerprint density at radius 2 is 1.88 bits per heavy atom. The minimum Gasteiger partial charge on any atom is -0.363 e. The zero-order chi connectivity index (χ0) is 30.7. The zero-order valence-corrected chi connectivity index (χ0v) is 24.9. The Labute approximate surface area is 250 Å². The Balaban J connectivity index is 1.77. The van der Waals surface area contributed by atoms with Gasteiger partial charge in [0.15, 0.2) is 5.11 Å². The first-order valence-electron chi connectivity index (χ1n) is 14.0. The van der Waals surface area contributed by atoms with Gasteiger partial charge in [0.1, 0.15) is 0 Å². The minimum atomic E-state index is -4.49. The second-order valence-corrected chi connectivity index (χ2v) is 10.7. The van der Waals surface area contributed by atoms with E-state index < -0.39 is 11.7 Å². The van der Waals surface area contributed by atoms with Gasteiger partial charge in [0.25, 0.3) is 0 Å². The highest BCUT2D eigenvalue weighted by atomic mass is 32.1. The van der Waals surface area contributed by atoms with Crippen LogP contribution >= 0.6 is 12.2 Å². The summed E-state index contributed by atoms with van der Waals surface area (Å²) in [6.45, 7) is 7.26. The lowest BCUT2D eigenvalue weighted by atomic mass is 9.97. The van der Waals surface area contributed by atoms with Gasteiger partial charge >= 0.3 is 6.18 Å². The maximum Gasteiger partial charge on any atom is 0.416 e. The van der Waals surface area contributed by atoms with Crippen LogP contribution in [0.4, 0.5) is 13.2 Å². The fourth-order valence-corrected chi connectivity index (χ4v) is 4.78. The number of imidazole rings is 1. The molecule has 0 saturated heterocycles. The Bertz CT molecular complexity index is 1370. The Kier molecular flexibility index (Phi) is 11.9. The summed E-state index contributed by atoms with van der Waals surface area (Å²) in [5.74, 6) is -0.184. The number of hydrogen-bond donors (Lipinski definition) is 2. The largest absolute Gasteiger partial charge is 0.416 e. The molecule has 0 aliphatic rings. The van der Waals surface area contributed by atoms with Gasteiger partial charge in [-0.1, -0.05) is 57.5 Å². The summed E-state index contributed by atoms with van der Waals surface area (Å²) in [5, 5.41) is 15.6. The Hall–Kier alpha value is -3.91. The molecule has 2 N–H and O–H groups in total. The molecule has 0 spiro atoms. The van der Waals surface area contributed by atoms with Crippen molar-refractivity contribution in [3.63, 3.8) is 0 Å². The van der Waals surface area contributed by atoms with Crippen molar-refractivity contribution in [3.8, 4) is 6.07 Å². The van der Waals surface area contributed by atoms with Crippen LogP contribution < -0.4 is 10.6 Å². The molecule has 3 rings (SSSR count). The molecule has 0 bridgehead atoms. The maximum atomic E-state index is 13.8. The summed E-state index contributed by atoms with van der Waals surface area (Å²) in [5.41, 5.74) is 1.67. The lowest BCUT2D eigenvalue weighted by Crippen LogP contribution is -2.51. The highest BCUT2D eigenvalue weighted by Crippen LogP contribution is 2.32. The molecule has 42 heavy (non-hydrogen) atoms. The van der Waals surface area contributed by atoms with E-state index in [0.717, 1.165) is 30.2 Å². The number of aromatic nitrogens is 2. The standard InChI is InChI=1S/C31H37F3N6OS/c1-4-14-37-30(42)39(19-25-8-6-7-9-27(25)31(32,33)34)20-28(22(3)5-2)38-29(41)15-26-17-36-21-40(26)18-24-12-10-23(16-35)11-13-24/h6-13,17,21-22,28H,4-5,14-15,18-20H2,1-3H3,(H,37,42)(H,38,41)/t22-,28+/m0/s1. The number of nitrogens with zero attached hydrogens (tertiary/aromatic N) is 4. The normalized spacial score (nSPS) is 12.7. The van der Waals surface area contributed by atoms with Gasteiger partial charge in [0.2, 0.25) is 5.91 Å². The molecule has 1 amide bonds. The molecule has 0 aliphatic heterocycles. The van der Waals surface area contributed by atoms with Crippen molar-refractivity contribution in [2.24, 2.45) is 5.92 Å². The third kappa shape index (κ3) is 9.31. The van der Waals surface area contributed by atoms with Gasteiger partial charge in [-0.05, 0) is 53.9 Å². The number of nitrogens with one attached hydrogen (secondary N) is 2. The number of carbonyl (C=O) groups is 1. The fraction of sp³-hybridized carbons (Fsp3) is 0.419. The van der Waals surface area contributed by atoms with Crippen LogP contribution in [0.5, 0.6) is 0 Å². The number of nitriles is 1. The molecule has 1 heterocycles. The van der Waals surface area contributed by atoms with Crippen molar-refractivity contribution in [3.05, 3.63) is 89.0 Å². The van der Waals surface area contributed by atoms with Crippen LogP contribution in [0.25, 0.3) is 0 Å². The first kappa shape index (κ1) is 32.6.